The Hall–Kier alpha value is -3.17. The average molecular weight is 426 g/mol. The molecule has 0 spiro atoms. The van der Waals surface area contributed by atoms with Crippen molar-refractivity contribution in [2.24, 2.45) is 0 Å². The fourth-order valence-corrected chi connectivity index (χ4v) is 4.19. The average Bonchev–Trinajstić information content (AvgIpc) is 3.07. The van der Waals surface area contributed by atoms with Gasteiger partial charge >= 0.3 is 0 Å². The summed E-state index contributed by atoms with van der Waals surface area (Å²) < 4.78 is 39.5. The van der Waals surface area contributed by atoms with E-state index in [0.717, 1.165) is 22.5 Å². The van der Waals surface area contributed by atoms with Gasteiger partial charge in [-0.2, -0.15) is 8.42 Å². The van der Waals surface area contributed by atoms with Gasteiger partial charge in [-0.25, -0.2) is 9.97 Å². The van der Waals surface area contributed by atoms with Gasteiger partial charge in [0, 0.05) is 11.8 Å². The van der Waals surface area contributed by atoms with Crippen LogP contribution in [0.25, 0.3) is 21.9 Å². The number of nitrogens with two attached hydrogens (primary N) is 1. The Morgan fingerprint density at radius 1 is 1.13 bits per heavy atom. The van der Waals surface area contributed by atoms with Gasteiger partial charge in [-0.3, -0.25) is 4.55 Å². The van der Waals surface area contributed by atoms with E-state index in [0.29, 0.717) is 36.2 Å². The minimum atomic E-state index is -4.14. The van der Waals surface area contributed by atoms with Gasteiger partial charge in [-0.1, -0.05) is 37.3 Å². The van der Waals surface area contributed by atoms with Crippen LogP contribution in [0, 0.1) is 0 Å². The van der Waals surface area contributed by atoms with Crippen molar-refractivity contribution in [1.29, 1.82) is 0 Å². The summed E-state index contributed by atoms with van der Waals surface area (Å²) in [5.41, 5.74) is 8.61. The van der Waals surface area contributed by atoms with Gasteiger partial charge in [0.05, 0.1) is 17.6 Å². The third-order valence-corrected chi connectivity index (χ3v) is 5.54. The van der Waals surface area contributed by atoms with E-state index >= 15 is 0 Å². The zero-order valence-corrected chi connectivity index (χ0v) is 17.3. The normalized spacial score (nSPS) is 11.9. The van der Waals surface area contributed by atoms with Crippen molar-refractivity contribution in [2.45, 2.75) is 25.6 Å². The fourth-order valence-electron chi connectivity index (χ4n) is 3.59. The molecule has 2 aromatic carbocycles. The molecule has 3 N–H and O–H groups in total. The molecule has 2 heterocycles. The standard InChI is InChI=1S/C21H22N4O4S/c1-2-18-24-19-20(25(18)10-11-29-15-6-4-3-5-7-15)16-9-8-14(13-30(26,27)28)12-17(16)23-21(19)22/h3-9,12H,2,10-11,13H2,1H3,(H2,22,23)(H,26,27,28). The first kappa shape index (κ1) is 20.1. The molecule has 0 amide bonds. The first-order valence-electron chi connectivity index (χ1n) is 9.56. The van der Waals surface area contributed by atoms with Gasteiger partial charge < -0.3 is 15.0 Å². The number of rotatable bonds is 7. The summed E-state index contributed by atoms with van der Waals surface area (Å²) in [4.78, 5) is 9.08. The number of fused-ring (bicyclic) bond motifs is 3. The predicted octanol–water partition coefficient (Wildman–Crippen LogP) is 3.20. The highest BCUT2D eigenvalue weighted by atomic mass is 32.2. The Bertz CT molecular complexity index is 1320. The lowest BCUT2D eigenvalue weighted by Crippen LogP contribution is -2.11. The number of benzene rings is 2. The van der Waals surface area contributed by atoms with Gasteiger partial charge in [0.1, 0.15) is 29.5 Å². The Labute approximate surface area is 174 Å². The molecule has 0 bridgehead atoms. The number of anilines is 1. The number of aromatic nitrogens is 3. The summed E-state index contributed by atoms with van der Waals surface area (Å²) in [6.07, 6.45) is 0.710. The third kappa shape index (κ3) is 4.07. The quantitative estimate of drug-likeness (QED) is 0.435. The molecule has 0 radical (unpaired) electrons. The second-order valence-electron chi connectivity index (χ2n) is 6.97. The molecular formula is C21H22N4O4S. The van der Waals surface area contributed by atoms with Crippen molar-refractivity contribution in [3.05, 3.63) is 59.9 Å². The lowest BCUT2D eigenvalue weighted by molar-refractivity contribution is 0.298. The highest BCUT2D eigenvalue weighted by Crippen LogP contribution is 2.30. The zero-order chi connectivity index (χ0) is 21.3. The topological polar surface area (TPSA) is 120 Å². The summed E-state index contributed by atoms with van der Waals surface area (Å²) in [6, 6.07) is 14.7. The summed E-state index contributed by atoms with van der Waals surface area (Å²) >= 11 is 0. The summed E-state index contributed by atoms with van der Waals surface area (Å²) in [5, 5.41) is 0.810. The summed E-state index contributed by atoms with van der Waals surface area (Å²) in [5.74, 6) is 1.46. The molecule has 0 fully saturated rings. The van der Waals surface area contributed by atoms with Crippen molar-refractivity contribution >= 4 is 37.9 Å². The Morgan fingerprint density at radius 2 is 1.90 bits per heavy atom. The molecule has 8 nitrogen and oxygen atoms in total. The van der Waals surface area contributed by atoms with E-state index in [-0.39, 0.29) is 5.82 Å². The predicted molar refractivity (Wildman–Crippen MR) is 116 cm³/mol. The van der Waals surface area contributed by atoms with Crippen LogP contribution in [0.5, 0.6) is 5.75 Å². The number of ether oxygens (including phenoxy) is 1. The van der Waals surface area contributed by atoms with Crippen LogP contribution in [0.15, 0.2) is 48.5 Å². The summed E-state index contributed by atoms with van der Waals surface area (Å²) in [7, 11) is -4.14. The Morgan fingerprint density at radius 3 is 2.60 bits per heavy atom. The fraction of sp³-hybridized carbons (Fsp3) is 0.238. The van der Waals surface area contributed by atoms with Crippen molar-refractivity contribution in [3.63, 3.8) is 0 Å². The number of imidazole rings is 1. The molecule has 0 aliphatic heterocycles. The van der Waals surface area contributed by atoms with E-state index < -0.39 is 15.9 Å². The van der Waals surface area contributed by atoms with Crippen LogP contribution < -0.4 is 10.5 Å². The van der Waals surface area contributed by atoms with E-state index in [4.69, 9.17) is 15.0 Å². The van der Waals surface area contributed by atoms with Crippen LogP contribution in [-0.4, -0.2) is 34.1 Å². The van der Waals surface area contributed by atoms with Crippen LogP contribution in [-0.2, 0) is 28.8 Å². The molecule has 0 saturated carbocycles. The minimum Gasteiger partial charge on any atom is -0.492 e. The van der Waals surface area contributed by atoms with Crippen LogP contribution in [0.3, 0.4) is 0 Å². The van der Waals surface area contributed by atoms with Crippen molar-refractivity contribution in [1.82, 2.24) is 14.5 Å². The number of aryl methyl sites for hydroxylation is 1. The number of hydrogen-bond donors (Lipinski definition) is 2. The monoisotopic (exact) mass is 426 g/mol. The number of hydrogen-bond acceptors (Lipinski definition) is 6. The molecular weight excluding hydrogens is 404 g/mol. The van der Waals surface area contributed by atoms with Crippen molar-refractivity contribution < 1.29 is 17.7 Å². The highest BCUT2D eigenvalue weighted by Gasteiger charge is 2.17. The SMILES string of the molecule is CCc1nc2c(N)nc3cc(CS(=O)(=O)O)ccc3c2n1CCOc1ccccc1. The smallest absolute Gasteiger partial charge is 0.269 e. The molecule has 0 saturated heterocycles. The van der Waals surface area contributed by atoms with Gasteiger partial charge in [0.25, 0.3) is 10.1 Å². The van der Waals surface area contributed by atoms with Crippen molar-refractivity contribution in [3.8, 4) is 5.75 Å². The molecule has 30 heavy (non-hydrogen) atoms. The highest BCUT2D eigenvalue weighted by molar-refractivity contribution is 7.85. The van der Waals surface area contributed by atoms with Crippen molar-refractivity contribution in [2.75, 3.05) is 12.3 Å². The Kier molecular flexibility index (Phi) is 5.31. The maximum Gasteiger partial charge on any atom is 0.269 e. The minimum absolute atomic E-state index is 0.277. The van der Waals surface area contributed by atoms with E-state index in [1.165, 1.54) is 0 Å². The maximum absolute atomic E-state index is 11.2. The number of para-hydroxylation sites is 1. The van der Waals surface area contributed by atoms with Crippen LogP contribution in [0.4, 0.5) is 5.82 Å². The Balaban J connectivity index is 1.77. The molecule has 2 aromatic heterocycles. The van der Waals surface area contributed by atoms with Gasteiger partial charge in [-0.05, 0) is 23.8 Å². The zero-order valence-electron chi connectivity index (χ0n) is 16.4. The molecule has 0 unspecified atom stereocenters. The van der Waals surface area contributed by atoms with Gasteiger partial charge in [-0.15, -0.1) is 0 Å². The van der Waals surface area contributed by atoms with Crippen LogP contribution in [0.1, 0.15) is 18.3 Å². The lowest BCUT2D eigenvalue weighted by atomic mass is 10.1. The number of nitrogens with zero attached hydrogens (tertiary/aromatic N) is 3. The first-order valence-corrected chi connectivity index (χ1v) is 11.2. The second kappa shape index (κ2) is 7.92. The van der Waals surface area contributed by atoms with Crippen LogP contribution >= 0.6 is 0 Å². The van der Waals surface area contributed by atoms with Gasteiger partial charge in [0.2, 0.25) is 0 Å². The van der Waals surface area contributed by atoms with E-state index in [1.54, 1.807) is 18.2 Å². The first-order chi connectivity index (χ1) is 14.4. The molecule has 0 aliphatic rings. The molecule has 0 atom stereocenters. The molecule has 4 aromatic rings. The summed E-state index contributed by atoms with van der Waals surface area (Å²) in [6.45, 7) is 3.04. The van der Waals surface area contributed by atoms with E-state index in [9.17, 15) is 8.42 Å². The molecule has 0 aliphatic carbocycles. The lowest BCUT2D eigenvalue weighted by Gasteiger charge is -2.12. The van der Waals surface area contributed by atoms with E-state index in [2.05, 4.69) is 14.5 Å². The van der Waals surface area contributed by atoms with E-state index in [1.807, 2.05) is 37.3 Å². The number of nitrogen functional groups attached to an aromatic ring is 1. The second-order valence-corrected chi connectivity index (χ2v) is 8.42. The van der Waals surface area contributed by atoms with Gasteiger partial charge in [0.15, 0.2) is 5.82 Å². The largest absolute Gasteiger partial charge is 0.492 e. The van der Waals surface area contributed by atoms with Crippen LogP contribution in [0.2, 0.25) is 0 Å². The molecule has 9 heteroatoms. The molecule has 4 rings (SSSR count). The molecule has 156 valence electrons. The third-order valence-electron chi connectivity index (χ3n) is 4.84. The number of pyridine rings is 1. The maximum atomic E-state index is 11.2.